The van der Waals surface area contributed by atoms with Gasteiger partial charge in [-0.25, -0.2) is 0 Å². The first-order valence-corrected chi connectivity index (χ1v) is 37.9. The number of ether oxygens (including phenoxy) is 4. The number of aliphatic imine (C=N–C) groups is 1. The van der Waals surface area contributed by atoms with E-state index in [-0.39, 0.29) is 182 Å². The second-order valence-electron chi connectivity index (χ2n) is 24.6. The quantitative estimate of drug-likeness (QED) is 0.0127. The number of hydrogen-bond donors (Lipinski definition) is 18. The van der Waals surface area contributed by atoms with E-state index in [2.05, 4.69) is 63.5 Å². The zero-order valence-electron chi connectivity index (χ0n) is 59.9. The molecule has 4 rings (SSSR count). The fourth-order valence-corrected chi connectivity index (χ4v) is 13.5. The maximum Gasteiger partial charge on any atom is 0.317 e. The van der Waals surface area contributed by atoms with Crippen LogP contribution >= 0.6 is 33.3 Å². The van der Waals surface area contributed by atoms with Crippen molar-refractivity contribution in [1.29, 1.82) is 0 Å². The van der Waals surface area contributed by atoms with Crippen molar-refractivity contribution in [2.75, 3.05) is 170 Å². The van der Waals surface area contributed by atoms with Gasteiger partial charge in [0.25, 0.3) is 17.7 Å². The Morgan fingerprint density at radius 3 is 1.49 bits per heavy atom. The van der Waals surface area contributed by atoms with Gasteiger partial charge in [-0.2, -0.15) is 0 Å². The van der Waals surface area contributed by atoms with E-state index in [4.69, 9.17) is 36.1 Å². The van der Waals surface area contributed by atoms with E-state index < -0.39 is 173 Å². The first-order valence-electron chi connectivity index (χ1n) is 34.6. The number of unbranched alkanes of at least 4 members (excludes halogenated alkanes) is 1. The van der Waals surface area contributed by atoms with Gasteiger partial charge >= 0.3 is 23.9 Å². The summed E-state index contributed by atoms with van der Waals surface area (Å²) >= 11 is 0.582. The Labute approximate surface area is 638 Å². The molecule has 3 heterocycles. The van der Waals surface area contributed by atoms with Crippen molar-refractivity contribution >= 4 is 134 Å². The lowest BCUT2D eigenvalue weighted by atomic mass is 10.1. The first kappa shape index (κ1) is 92.1. The van der Waals surface area contributed by atoms with Crippen LogP contribution in [0.2, 0.25) is 0 Å². The highest BCUT2D eigenvalue weighted by atomic mass is 33.1. The third-order valence-corrected chi connectivity index (χ3v) is 19.5. The molecule has 3 aliphatic rings. The molecule has 0 unspecified atom stereocenters. The number of nitrogens with zero attached hydrogens (tertiary/aromatic N) is 5. The summed E-state index contributed by atoms with van der Waals surface area (Å²) in [5.41, 5.74) is 16.5. The average molecular weight is 1600 g/mol. The van der Waals surface area contributed by atoms with Crippen LogP contribution in [0, 0.1) is 0 Å². The monoisotopic (exact) mass is 1600 g/mol. The molecule has 0 saturated carbocycles. The first-order chi connectivity index (χ1) is 52.0. The van der Waals surface area contributed by atoms with Gasteiger partial charge < -0.3 is 115 Å². The van der Waals surface area contributed by atoms with Crippen molar-refractivity contribution in [3.63, 3.8) is 0 Å². The summed E-state index contributed by atoms with van der Waals surface area (Å²) in [4.78, 5) is 223. The average Bonchev–Trinajstić information content (AvgIpc) is 1.81. The Morgan fingerprint density at radius 1 is 0.477 bits per heavy atom. The van der Waals surface area contributed by atoms with Crippen LogP contribution in [0.4, 0.5) is 0 Å². The molecule has 1 aromatic carbocycles. The van der Waals surface area contributed by atoms with Crippen LogP contribution in [0.1, 0.15) is 44.1 Å². The minimum atomic E-state index is -1.95. The van der Waals surface area contributed by atoms with Gasteiger partial charge in [0.15, 0.2) is 22.1 Å². The summed E-state index contributed by atoms with van der Waals surface area (Å²) < 4.78 is 21.4. The highest BCUT2D eigenvalue weighted by molar-refractivity contribution is 8.77. The largest absolute Gasteiger partial charge is 0.481 e. The minimum absolute atomic E-state index is 0.0316. The normalized spacial score (nSPS) is 21.3. The number of carbonyl (C=O) groups excluding carboxylic acids is 12. The standard InChI is InChI=1S/C63H99N19O24S3/c64-44(83)36-106-37-47(86)68-13-23-103-25-27-105-28-26-104-24-14-69-57(100)60-76-55(98)42(29-39-7-2-1-3-8-39)75-59(102)62-78-56(99)43(30-49(88)89)73-45(84)31-71-53(96)40(10-6-12-70-63(65)66)74-58(101)61(108-109-62)77-54(97)41(72-48(87)38-107-60)9-4-5-11-67-46(85)32-79-15-17-80(33-50(90)91)19-21-82(35-52(94)95)22-20-81(18-16-79)34-51(92)93/h1-3,7-8,40-43,60-62H,4-6,9-38H2,(H2,64,83)(H,67,85)(H,68,86)(H,69,100)(H,71,96)(H,72,87)(H,73,84)(H,74,101)(H,75,102)(H,76,98)(H,77,97)(H,78,99)(H,88,89)(H,90,91)(H,92,93)(H,94,95)(H4,65,66,70)/t40-,41-,42-,43-,60+,61+,62+/m0/s1. The van der Waals surface area contributed by atoms with Crippen molar-refractivity contribution in [3.05, 3.63) is 35.9 Å². The smallest absolute Gasteiger partial charge is 0.317 e. The number of thioether (sulfide) groups is 1. The number of fused-ring (bicyclic) bond motifs is 3. The Bertz CT molecular complexity index is 3210. The van der Waals surface area contributed by atoms with Gasteiger partial charge in [0.1, 0.15) is 37.4 Å². The SMILES string of the molecule is NC(=O)COCC(=O)NCCOCCOCCOCCNC(=O)[C@@H]1NC(=O)[C@H](Cc2ccccc2)NC(=O)[C@@H]2NC(=O)[C@H](CC(=O)O)NC(=O)CNC(=O)[C@H](CCCN=C(N)N)NC(=O)[C@H](NC(=O)[C@H](CCCCNC(=O)CN3CCN(CC(=O)O)CCN(CC(=O)O)CCN(CC(=O)O)CC3)NC(=O)CS1)SS2. The number of primary amides is 1. The van der Waals surface area contributed by atoms with Gasteiger partial charge in [0.2, 0.25) is 53.2 Å². The fourth-order valence-electron chi connectivity index (χ4n) is 10.3. The van der Waals surface area contributed by atoms with Crippen molar-refractivity contribution < 1.29 is 116 Å². The third kappa shape index (κ3) is 40.7. The Morgan fingerprint density at radius 2 is 0.954 bits per heavy atom. The topological polar surface area (TPSA) is 627 Å². The summed E-state index contributed by atoms with van der Waals surface area (Å²) in [6.45, 7) is -1.55. The summed E-state index contributed by atoms with van der Waals surface area (Å²) in [5, 5.41) is 61.0. The van der Waals surface area contributed by atoms with Crippen LogP contribution in [0.25, 0.3) is 0 Å². The van der Waals surface area contributed by atoms with Crippen molar-refractivity contribution in [2.24, 2.45) is 22.2 Å². The molecule has 43 nitrogen and oxygen atoms in total. The van der Waals surface area contributed by atoms with Crippen LogP contribution in [-0.4, -0.2) is 351 Å². The molecule has 0 aromatic heterocycles. The van der Waals surface area contributed by atoms with E-state index in [1.54, 1.807) is 49.9 Å². The maximum atomic E-state index is 14.9. The number of aliphatic carboxylic acids is 4. The summed E-state index contributed by atoms with van der Waals surface area (Å²) in [6, 6.07) is 1.50. The number of nitrogens with two attached hydrogens (primary N) is 3. The number of nitrogens with one attached hydrogen (secondary N) is 11. The summed E-state index contributed by atoms with van der Waals surface area (Å²) in [5.74, 6) is -17.1. The molecule has 3 aliphatic heterocycles. The summed E-state index contributed by atoms with van der Waals surface area (Å²) in [7, 11) is 0.829. The van der Waals surface area contributed by atoms with Crippen LogP contribution in [0.5, 0.6) is 0 Å². The van der Waals surface area contributed by atoms with E-state index in [1.807, 2.05) is 0 Å². The molecule has 0 aliphatic carbocycles. The second-order valence-corrected chi connectivity index (χ2v) is 28.1. The lowest BCUT2D eigenvalue weighted by Gasteiger charge is -2.32. The van der Waals surface area contributed by atoms with Crippen molar-refractivity contribution in [3.8, 4) is 0 Å². The highest BCUT2D eigenvalue weighted by Crippen LogP contribution is 2.31. The predicted octanol–water partition coefficient (Wildman–Crippen LogP) is -9.17. The van der Waals surface area contributed by atoms with Crippen molar-refractivity contribution in [2.45, 2.75) is 85.2 Å². The number of rotatable bonds is 38. The maximum absolute atomic E-state index is 14.9. The van der Waals surface area contributed by atoms with E-state index in [0.29, 0.717) is 38.9 Å². The molecular formula is C63H99N19O24S3. The molecule has 7 atom stereocenters. The van der Waals surface area contributed by atoms with Gasteiger partial charge in [-0.05, 0) is 37.7 Å². The Balaban J connectivity index is 1.65. The number of benzene rings is 1. The van der Waals surface area contributed by atoms with Crippen LogP contribution in [0.15, 0.2) is 35.3 Å². The molecule has 109 heavy (non-hydrogen) atoms. The van der Waals surface area contributed by atoms with E-state index in [0.717, 1.165) is 0 Å². The number of hydrogen-bond acceptors (Lipinski definition) is 28. The number of guanidine groups is 1. The zero-order valence-corrected chi connectivity index (χ0v) is 62.4. The predicted molar refractivity (Wildman–Crippen MR) is 390 cm³/mol. The molecule has 21 N–H and O–H groups in total. The lowest BCUT2D eigenvalue weighted by molar-refractivity contribution is -0.141. The molecule has 2 bridgehead atoms. The van der Waals surface area contributed by atoms with Crippen LogP contribution in [0.3, 0.4) is 0 Å². The number of amides is 12. The molecular weight excluding hydrogens is 1500 g/mol. The number of carboxylic acids is 4. The Hall–Kier alpha value is -9.26. The van der Waals surface area contributed by atoms with E-state index in [9.17, 15) is 97.1 Å². The lowest BCUT2D eigenvalue weighted by Crippen LogP contribution is -2.58. The van der Waals surface area contributed by atoms with Gasteiger partial charge in [0.05, 0.1) is 84.5 Å². The highest BCUT2D eigenvalue weighted by Gasteiger charge is 2.38. The van der Waals surface area contributed by atoms with E-state index in [1.165, 1.54) is 0 Å². The molecule has 3 saturated heterocycles. The van der Waals surface area contributed by atoms with E-state index >= 15 is 0 Å². The van der Waals surface area contributed by atoms with Gasteiger partial charge in [-0.15, -0.1) is 11.8 Å². The van der Waals surface area contributed by atoms with Crippen molar-refractivity contribution in [1.82, 2.24) is 78.1 Å². The third-order valence-electron chi connectivity index (χ3n) is 15.7. The molecule has 1 aromatic rings. The molecule has 12 amide bonds. The molecule has 46 heteroatoms. The minimum Gasteiger partial charge on any atom is -0.481 e. The van der Waals surface area contributed by atoms with Gasteiger partial charge in [0, 0.05) is 85.0 Å². The molecule has 608 valence electrons. The summed E-state index contributed by atoms with van der Waals surface area (Å²) in [6.07, 6.45) is -1.59. The molecule has 0 spiro atoms. The second kappa shape index (κ2) is 52.0. The van der Waals surface area contributed by atoms with Crippen LogP contribution < -0.4 is 75.7 Å². The fraction of sp³-hybridized carbons (Fsp3) is 0.635. The molecule has 0 radical (unpaired) electrons. The molecule has 3 fully saturated rings. The van der Waals surface area contributed by atoms with Gasteiger partial charge in [-0.3, -0.25) is 101 Å². The number of carbonyl (C=O) groups is 16. The Kier molecular flexibility index (Phi) is 43.9. The number of carboxylic acid groups (broad SMARTS) is 4. The van der Waals surface area contributed by atoms with Crippen LogP contribution in [-0.2, 0) is 102 Å². The zero-order chi connectivity index (χ0) is 80.0. The van der Waals surface area contributed by atoms with Gasteiger partial charge in [-0.1, -0.05) is 51.9 Å².